The van der Waals surface area contributed by atoms with E-state index in [9.17, 15) is 5.11 Å². The van der Waals surface area contributed by atoms with Crippen LogP contribution in [0.4, 0.5) is 0 Å². The molecule has 1 unspecified atom stereocenters. The van der Waals surface area contributed by atoms with Crippen LogP contribution in [0.15, 0.2) is 15.9 Å². The Morgan fingerprint density at radius 1 is 1.41 bits per heavy atom. The molecule has 1 atom stereocenters. The lowest BCUT2D eigenvalue weighted by Gasteiger charge is -2.42. The van der Waals surface area contributed by atoms with E-state index in [1.165, 1.54) is 4.88 Å². The van der Waals surface area contributed by atoms with Gasteiger partial charge in [-0.05, 0) is 54.3 Å². The summed E-state index contributed by atoms with van der Waals surface area (Å²) < 4.78 is 1.11. The quantitative estimate of drug-likeness (QED) is 0.867. The molecule has 1 aromatic heterocycles. The Labute approximate surface area is 117 Å². The van der Waals surface area contributed by atoms with Gasteiger partial charge in [-0.1, -0.05) is 13.8 Å². The number of hydrogen-bond acceptors (Lipinski definition) is 3. The summed E-state index contributed by atoms with van der Waals surface area (Å²) in [6.07, 6.45) is 2.31. The van der Waals surface area contributed by atoms with Gasteiger partial charge in [0.25, 0.3) is 0 Å². The van der Waals surface area contributed by atoms with Crippen LogP contribution < -0.4 is 0 Å². The fourth-order valence-corrected chi connectivity index (χ4v) is 4.04. The van der Waals surface area contributed by atoms with E-state index >= 15 is 0 Å². The number of likely N-dealkylation sites (N-methyl/N-ethyl adjacent to an activating group) is 1. The summed E-state index contributed by atoms with van der Waals surface area (Å²) in [7, 11) is 4.11. The van der Waals surface area contributed by atoms with Crippen molar-refractivity contribution in [2.45, 2.75) is 44.8 Å². The third-order valence-electron chi connectivity index (χ3n) is 3.81. The lowest BCUT2D eigenvalue weighted by atomic mass is 9.83. The first kappa shape index (κ1) is 15.2. The minimum absolute atomic E-state index is 0.122. The third kappa shape index (κ3) is 3.11. The van der Waals surface area contributed by atoms with E-state index in [0.29, 0.717) is 0 Å². The van der Waals surface area contributed by atoms with E-state index in [-0.39, 0.29) is 11.6 Å². The average molecular weight is 320 g/mol. The van der Waals surface area contributed by atoms with Crippen molar-refractivity contribution in [3.8, 4) is 0 Å². The van der Waals surface area contributed by atoms with Crippen molar-refractivity contribution in [2.75, 3.05) is 14.1 Å². The van der Waals surface area contributed by atoms with Crippen LogP contribution in [0.1, 0.15) is 31.6 Å². The molecule has 0 aliphatic heterocycles. The maximum atomic E-state index is 10.6. The van der Waals surface area contributed by atoms with E-state index in [4.69, 9.17) is 0 Å². The van der Waals surface area contributed by atoms with Gasteiger partial charge in [-0.3, -0.25) is 0 Å². The van der Waals surface area contributed by atoms with Crippen LogP contribution in [0.25, 0.3) is 0 Å². The molecule has 1 heterocycles. The topological polar surface area (TPSA) is 23.5 Å². The average Bonchev–Trinajstić information content (AvgIpc) is 2.66. The molecule has 2 nitrogen and oxygen atoms in total. The Morgan fingerprint density at radius 3 is 2.35 bits per heavy atom. The summed E-state index contributed by atoms with van der Waals surface area (Å²) in [4.78, 5) is 3.39. The van der Waals surface area contributed by atoms with Crippen molar-refractivity contribution in [1.29, 1.82) is 0 Å². The predicted molar refractivity (Wildman–Crippen MR) is 78.7 cm³/mol. The van der Waals surface area contributed by atoms with Gasteiger partial charge in [-0.15, -0.1) is 11.3 Å². The standard InChI is InChI=1S/C13H22BrNOS/c1-5-13(6-2,15(3)4)12(16)9-11-10(14)7-8-17-11/h7-8,12,16H,5-6,9H2,1-4H3. The lowest BCUT2D eigenvalue weighted by molar-refractivity contribution is -0.0122. The minimum Gasteiger partial charge on any atom is -0.391 e. The number of halogens is 1. The highest BCUT2D eigenvalue weighted by Crippen LogP contribution is 2.31. The van der Waals surface area contributed by atoms with Crippen LogP contribution in [0.2, 0.25) is 0 Å². The van der Waals surface area contributed by atoms with Gasteiger partial charge in [0.05, 0.1) is 6.10 Å². The molecule has 1 rings (SSSR count). The number of rotatable bonds is 6. The summed E-state index contributed by atoms with van der Waals surface area (Å²) in [6, 6.07) is 2.04. The summed E-state index contributed by atoms with van der Waals surface area (Å²) in [5.41, 5.74) is -0.122. The summed E-state index contributed by atoms with van der Waals surface area (Å²) in [5.74, 6) is 0. The first-order valence-corrected chi connectivity index (χ1v) is 7.72. The molecule has 0 aliphatic carbocycles. The monoisotopic (exact) mass is 319 g/mol. The highest BCUT2D eigenvalue weighted by atomic mass is 79.9. The number of aliphatic hydroxyl groups excluding tert-OH is 1. The molecular formula is C13H22BrNOS. The van der Waals surface area contributed by atoms with Crippen LogP contribution in [-0.2, 0) is 6.42 Å². The summed E-state index contributed by atoms with van der Waals surface area (Å²) >= 11 is 5.23. The molecule has 17 heavy (non-hydrogen) atoms. The zero-order chi connectivity index (χ0) is 13.1. The van der Waals surface area contributed by atoms with E-state index in [1.807, 2.05) is 6.07 Å². The molecule has 0 aliphatic rings. The van der Waals surface area contributed by atoms with E-state index in [2.05, 4.69) is 54.2 Å². The van der Waals surface area contributed by atoms with Crippen molar-refractivity contribution in [3.05, 3.63) is 20.8 Å². The molecule has 0 fully saturated rings. The van der Waals surface area contributed by atoms with Gasteiger partial charge in [0.2, 0.25) is 0 Å². The molecule has 0 saturated heterocycles. The second-order valence-electron chi connectivity index (χ2n) is 4.62. The van der Waals surface area contributed by atoms with Crippen LogP contribution in [-0.4, -0.2) is 35.7 Å². The van der Waals surface area contributed by atoms with Gasteiger partial charge < -0.3 is 10.0 Å². The smallest absolute Gasteiger partial charge is 0.0771 e. The maximum absolute atomic E-state index is 10.6. The molecule has 1 N–H and O–H groups in total. The number of thiophene rings is 1. The second-order valence-corrected chi connectivity index (χ2v) is 6.47. The predicted octanol–water partition coefficient (Wildman–Crippen LogP) is 3.53. The Balaban J connectivity index is 2.86. The van der Waals surface area contributed by atoms with Gasteiger partial charge in [0, 0.05) is 21.3 Å². The molecule has 0 saturated carbocycles. The molecule has 0 aromatic carbocycles. The largest absolute Gasteiger partial charge is 0.391 e. The fourth-order valence-electron chi connectivity index (χ4n) is 2.49. The van der Waals surface area contributed by atoms with Crippen molar-refractivity contribution < 1.29 is 5.11 Å². The fraction of sp³-hybridized carbons (Fsp3) is 0.692. The Bertz CT molecular complexity index is 347. The maximum Gasteiger partial charge on any atom is 0.0771 e. The summed E-state index contributed by atoms with van der Waals surface area (Å²) in [5, 5.41) is 12.6. The Kier molecular flexibility index (Phi) is 5.64. The SMILES string of the molecule is CCC(CC)(C(O)Cc1sccc1Br)N(C)C. The first-order valence-electron chi connectivity index (χ1n) is 6.05. The van der Waals surface area contributed by atoms with Crippen LogP contribution in [0, 0.1) is 0 Å². The van der Waals surface area contributed by atoms with Gasteiger partial charge in [0.1, 0.15) is 0 Å². The van der Waals surface area contributed by atoms with Crippen molar-refractivity contribution in [2.24, 2.45) is 0 Å². The highest BCUT2D eigenvalue weighted by Gasteiger charge is 2.37. The number of hydrogen-bond donors (Lipinski definition) is 1. The van der Waals surface area contributed by atoms with Crippen molar-refractivity contribution in [3.63, 3.8) is 0 Å². The molecule has 4 heteroatoms. The summed E-state index contributed by atoms with van der Waals surface area (Å²) in [6.45, 7) is 4.30. The van der Waals surface area contributed by atoms with Crippen molar-refractivity contribution >= 4 is 27.3 Å². The Hall–Kier alpha value is 0.1000. The number of aliphatic hydroxyl groups is 1. The van der Waals surface area contributed by atoms with Crippen LogP contribution in [0.5, 0.6) is 0 Å². The van der Waals surface area contributed by atoms with Gasteiger partial charge in [0.15, 0.2) is 0 Å². The molecule has 0 amide bonds. The van der Waals surface area contributed by atoms with Gasteiger partial charge >= 0.3 is 0 Å². The second kappa shape index (κ2) is 6.32. The normalized spacial score (nSPS) is 14.3. The highest BCUT2D eigenvalue weighted by molar-refractivity contribution is 9.10. The minimum atomic E-state index is -0.331. The molecule has 0 spiro atoms. The van der Waals surface area contributed by atoms with E-state index < -0.39 is 0 Å². The third-order valence-corrected chi connectivity index (χ3v) is 5.75. The molecule has 0 radical (unpaired) electrons. The van der Waals surface area contributed by atoms with Gasteiger partial charge in [-0.25, -0.2) is 0 Å². The number of nitrogens with zero attached hydrogens (tertiary/aromatic N) is 1. The zero-order valence-corrected chi connectivity index (χ0v) is 13.4. The van der Waals surface area contributed by atoms with Gasteiger partial charge in [-0.2, -0.15) is 0 Å². The Morgan fingerprint density at radius 2 is 2.00 bits per heavy atom. The van der Waals surface area contributed by atoms with Crippen LogP contribution in [0.3, 0.4) is 0 Å². The molecule has 98 valence electrons. The molecular weight excluding hydrogens is 298 g/mol. The molecule has 1 aromatic rings. The first-order chi connectivity index (χ1) is 7.97. The van der Waals surface area contributed by atoms with Crippen LogP contribution >= 0.6 is 27.3 Å². The molecule has 0 bridgehead atoms. The van der Waals surface area contributed by atoms with E-state index in [1.54, 1.807) is 11.3 Å². The zero-order valence-electron chi connectivity index (χ0n) is 11.0. The van der Waals surface area contributed by atoms with Crippen molar-refractivity contribution in [1.82, 2.24) is 4.90 Å². The van der Waals surface area contributed by atoms with E-state index in [0.717, 1.165) is 23.7 Å². The lowest BCUT2D eigenvalue weighted by Crippen LogP contribution is -2.53.